The number of benzene rings is 1. The highest BCUT2D eigenvalue weighted by Crippen LogP contribution is 2.48. The highest BCUT2D eigenvalue weighted by molar-refractivity contribution is 6.06. The van der Waals surface area contributed by atoms with Crippen molar-refractivity contribution >= 4 is 17.7 Å². The lowest BCUT2D eigenvalue weighted by Gasteiger charge is -2.41. The lowest BCUT2D eigenvalue weighted by molar-refractivity contribution is -0.122. The van der Waals surface area contributed by atoms with Gasteiger partial charge in [0.2, 0.25) is 5.91 Å². The summed E-state index contributed by atoms with van der Waals surface area (Å²) >= 11 is 0. The van der Waals surface area contributed by atoms with Gasteiger partial charge in [0.05, 0.1) is 5.41 Å². The Kier molecular flexibility index (Phi) is 4.84. The average Bonchev–Trinajstić information content (AvgIpc) is 2.84. The summed E-state index contributed by atoms with van der Waals surface area (Å²) < 4.78 is 0. The van der Waals surface area contributed by atoms with Crippen molar-refractivity contribution in [3.63, 3.8) is 0 Å². The Morgan fingerprint density at radius 1 is 1.26 bits per heavy atom. The second-order valence-electron chi connectivity index (χ2n) is 8.20. The van der Waals surface area contributed by atoms with Crippen LogP contribution in [-0.2, 0) is 10.2 Å². The van der Waals surface area contributed by atoms with Crippen LogP contribution in [0.4, 0.5) is 10.5 Å². The number of carbonyl (C=O) groups excluding carboxylic acids is 1. The SMILES string of the molecule is CCC1CN(C2CCC3(CC2)C(=O)Nc2ccccc23)CCCN1C(=O)O. The van der Waals surface area contributed by atoms with Crippen LogP contribution in [0.25, 0.3) is 0 Å². The van der Waals surface area contributed by atoms with Gasteiger partial charge in [0, 0.05) is 37.4 Å². The summed E-state index contributed by atoms with van der Waals surface area (Å²) in [5.41, 5.74) is 1.77. The van der Waals surface area contributed by atoms with Crippen molar-refractivity contribution in [2.75, 3.05) is 25.0 Å². The second-order valence-corrected chi connectivity index (χ2v) is 8.20. The summed E-state index contributed by atoms with van der Waals surface area (Å²) in [6, 6.07) is 8.59. The Balaban J connectivity index is 1.47. The van der Waals surface area contributed by atoms with Crippen molar-refractivity contribution in [2.24, 2.45) is 0 Å². The smallest absolute Gasteiger partial charge is 0.407 e. The first kappa shape index (κ1) is 18.3. The largest absolute Gasteiger partial charge is 0.465 e. The van der Waals surface area contributed by atoms with Gasteiger partial charge in [0.1, 0.15) is 0 Å². The number of anilines is 1. The van der Waals surface area contributed by atoms with Gasteiger partial charge in [0.15, 0.2) is 0 Å². The molecule has 1 aromatic rings. The van der Waals surface area contributed by atoms with Crippen LogP contribution >= 0.6 is 0 Å². The lowest BCUT2D eigenvalue weighted by Crippen LogP contribution is -2.49. The molecule has 1 atom stereocenters. The van der Waals surface area contributed by atoms with Crippen LogP contribution in [0.3, 0.4) is 0 Å². The van der Waals surface area contributed by atoms with Crippen LogP contribution in [0, 0.1) is 0 Å². The molecule has 0 radical (unpaired) electrons. The molecule has 27 heavy (non-hydrogen) atoms. The minimum atomic E-state index is -0.800. The van der Waals surface area contributed by atoms with E-state index in [1.54, 1.807) is 4.90 Å². The molecular formula is C21H29N3O3. The van der Waals surface area contributed by atoms with Gasteiger partial charge in [-0.1, -0.05) is 25.1 Å². The molecule has 1 aliphatic carbocycles. The van der Waals surface area contributed by atoms with Crippen molar-refractivity contribution < 1.29 is 14.7 Å². The van der Waals surface area contributed by atoms with Crippen molar-refractivity contribution in [1.29, 1.82) is 0 Å². The number of hydrogen-bond acceptors (Lipinski definition) is 3. The van der Waals surface area contributed by atoms with Crippen LogP contribution in [0.1, 0.15) is 51.0 Å². The minimum absolute atomic E-state index is 0.0661. The van der Waals surface area contributed by atoms with Gasteiger partial charge >= 0.3 is 6.09 Å². The zero-order valence-corrected chi connectivity index (χ0v) is 16.0. The minimum Gasteiger partial charge on any atom is -0.465 e. The standard InChI is InChI=1S/C21H29N3O3/c1-2-15-14-23(12-5-13-24(15)20(26)27)16-8-10-21(11-9-16)17-6-3-4-7-18(17)22-19(21)25/h3-4,6-7,15-16H,2,5,8-14H2,1H3,(H,22,25)(H,26,27). The first-order chi connectivity index (χ1) is 13.0. The first-order valence-electron chi connectivity index (χ1n) is 10.2. The molecule has 2 N–H and O–H groups in total. The average molecular weight is 371 g/mol. The maximum Gasteiger partial charge on any atom is 0.407 e. The summed E-state index contributed by atoms with van der Waals surface area (Å²) in [6.45, 7) is 4.44. The molecule has 6 nitrogen and oxygen atoms in total. The van der Waals surface area contributed by atoms with Gasteiger partial charge in [-0.2, -0.15) is 0 Å². The van der Waals surface area contributed by atoms with E-state index in [9.17, 15) is 14.7 Å². The molecule has 1 spiro atoms. The van der Waals surface area contributed by atoms with Crippen molar-refractivity contribution in [2.45, 2.75) is 62.9 Å². The third kappa shape index (κ3) is 3.10. The van der Waals surface area contributed by atoms with E-state index in [0.29, 0.717) is 12.6 Å². The normalized spacial score (nSPS) is 31.4. The van der Waals surface area contributed by atoms with E-state index in [2.05, 4.69) is 23.2 Å². The Labute approximate surface area is 160 Å². The van der Waals surface area contributed by atoms with Crippen molar-refractivity contribution in [3.05, 3.63) is 29.8 Å². The van der Waals surface area contributed by atoms with Gasteiger partial charge in [-0.25, -0.2) is 4.79 Å². The fourth-order valence-corrected chi connectivity index (χ4v) is 5.35. The number of hydrogen-bond donors (Lipinski definition) is 2. The molecule has 3 aliphatic rings. The number of amides is 2. The Bertz CT molecular complexity index is 727. The van der Waals surface area contributed by atoms with E-state index >= 15 is 0 Å². The molecule has 4 rings (SSSR count). The summed E-state index contributed by atoms with van der Waals surface area (Å²) in [5.74, 6) is 0.154. The zero-order chi connectivity index (χ0) is 19.0. The number of carboxylic acid groups (broad SMARTS) is 1. The third-order valence-corrected chi connectivity index (χ3v) is 6.90. The molecule has 2 aliphatic heterocycles. The maximum absolute atomic E-state index is 12.8. The van der Waals surface area contributed by atoms with Gasteiger partial charge in [-0.3, -0.25) is 9.69 Å². The molecule has 0 bridgehead atoms. The summed E-state index contributed by atoms with van der Waals surface area (Å²) in [6.07, 6.45) is 4.65. The van der Waals surface area contributed by atoms with Crippen LogP contribution in [0.15, 0.2) is 24.3 Å². The highest BCUT2D eigenvalue weighted by atomic mass is 16.4. The van der Waals surface area contributed by atoms with Crippen molar-refractivity contribution in [1.82, 2.24) is 9.80 Å². The van der Waals surface area contributed by atoms with Crippen molar-refractivity contribution in [3.8, 4) is 0 Å². The summed E-state index contributed by atoms with van der Waals surface area (Å²) in [4.78, 5) is 28.4. The van der Waals surface area contributed by atoms with E-state index in [-0.39, 0.29) is 17.4 Å². The molecule has 1 saturated carbocycles. The molecule has 146 valence electrons. The van der Waals surface area contributed by atoms with Gasteiger partial charge in [0.25, 0.3) is 0 Å². The number of fused-ring (bicyclic) bond motifs is 2. The molecule has 1 aromatic carbocycles. The number of rotatable bonds is 2. The number of nitrogens with zero attached hydrogens (tertiary/aromatic N) is 2. The second kappa shape index (κ2) is 7.15. The monoisotopic (exact) mass is 371 g/mol. The van der Waals surface area contributed by atoms with E-state index < -0.39 is 6.09 Å². The topological polar surface area (TPSA) is 72.9 Å². The first-order valence-corrected chi connectivity index (χ1v) is 10.2. The predicted molar refractivity (Wildman–Crippen MR) is 104 cm³/mol. The molecular weight excluding hydrogens is 342 g/mol. The predicted octanol–water partition coefficient (Wildman–Crippen LogP) is 3.28. The van der Waals surface area contributed by atoms with E-state index in [0.717, 1.165) is 62.9 Å². The maximum atomic E-state index is 12.8. The number of para-hydroxylation sites is 1. The quantitative estimate of drug-likeness (QED) is 0.837. The molecule has 6 heteroatoms. The van der Waals surface area contributed by atoms with Gasteiger partial charge < -0.3 is 15.3 Å². The van der Waals surface area contributed by atoms with E-state index in [4.69, 9.17) is 0 Å². The van der Waals surface area contributed by atoms with E-state index in [1.807, 2.05) is 18.2 Å². The zero-order valence-electron chi connectivity index (χ0n) is 16.0. The fraction of sp³-hybridized carbons (Fsp3) is 0.619. The van der Waals surface area contributed by atoms with Gasteiger partial charge in [-0.15, -0.1) is 0 Å². The number of carbonyl (C=O) groups is 2. The molecule has 1 saturated heterocycles. The molecule has 2 fully saturated rings. The van der Waals surface area contributed by atoms with Crippen LogP contribution in [-0.4, -0.2) is 58.6 Å². The Morgan fingerprint density at radius 2 is 2.00 bits per heavy atom. The molecule has 1 unspecified atom stereocenters. The van der Waals surface area contributed by atoms with Crippen LogP contribution < -0.4 is 5.32 Å². The van der Waals surface area contributed by atoms with Crippen LogP contribution in [0.5, 0.6) is 0 Å². The summed E-state index contributed by atoms with van der Waals surface area (Å²) in [5, 5.41) is 12.6. The Morgan fingerprint density at radius 3 is 2.70 bits per heavy atom. The van der Waals surface area contributed by atoms with E-state index in [1.165, 1.54) is 0 Å². The van der Waals surface area contributed by atoms with Gasteiger partial charge in [-0.05, 0) is 50.2 Å². The highest BCUT2D eigenvalue weighted by Gasteiger charge is 2.49. The number of nitrogens with one attached hydrogen (secondary N) is 1. The Hall–Kier alpha value is -2.08. The lowest BCUT2D eigenvalue weighted by atomic mass is 9.68. The molecule has 0 aromatic heterocycles. The third-order valence-electron chi connectivity index (χ3n) is 6.90. The fourth-order valence-electron chi connectivity index (χ4n) is 5.35. The summed E-state index contributed by atoms with van der Waals surface area (Å²) in [7, 11) is 0. The molecule has 2 amide bonds. The van der Waals surface area contributed by atoms with Crippen LogP contribution in [0.2, 0.25) is 0 Å². The molecule has 2 heterocycles.